The zero-order valence-corrected chi connectivity index (χ0v) is 16.4. The van der Waals surface area contributed by atoms with Gasteiger partial charge < -0.3 is 9.15 Å². The summed E-state index contributed by atoms with van der Waals surface area (Å²) in [6.45, 7) is 0. The highest BCUT2D eigenvalue weighted by Crippen LogP contribution is 2.45. The molecular formula is C22H21IO2. The Morgan fingerprint density at radius 2 is 1.72 bits per heavy atom. The van der Waals surface area contributed by atoms with E-state index in [1.807, 2.05) is 13.2 Å². The Bertz CT molecular complexity index is 839. The fourth-order valence-corrected chi connectivity index (χ4v) is 4.88. The van der Waals surface area contributed by atoms with Crippen LogP contribution in [0.3, 0.4) is 0 Å². The van der Waals surface area contributed by atoms with Crippen molar-refractivity contribution >= 4 is 22.6 Å². The standard InChI is InChI=1S/C22H21IO2/c1-24-21-17(14-15-8-4-2-5-9-15)12-13-18-19(21)20(23)22(25-18)16-10-6-3-7-11-16/h2-11,17,21H,12-14H2,1H3/t17-,21+/m1/s1. The molecule has 3 aromatic rings. The van der Waals surface area contributed by atoms with Gasteiger partial charge in [0, 0.05) is 24.7 Å². The predicted molar refractivity (Wildman–Crippen MR) is 109 cm³/mol. The molecule has 1 aromatic heterocycles. The van der Waals surface area contributed by atoms with E-state index in [0.717, 1.165) is 36.3 Å². The summed E-state index contributed by atoms with van der Waals surface area (Å²) in [5.41, 5.74) is 3.77. The third-order valence-corrected chi connectivity index (χ3v) is 6.12. The second-order valence-corrected chi connectivity index (χ2v) is 7.67. The van der Waals surface area contributed by atoms with Crippen molar-refractivity contribution < 1.29 is 9.15 Å². The largest absolute Gasteiger partial charge is 0.460 e. The van der Waals surface area contributed by atoms with E-state index in [1.165, 1.54) is 14.7 Å². The van der Waals surface area contributed by atoms with E-state index in [9.17, 15) is 0 Å². The SMILES string of the molecule is CO[C@@H]1c2c(oc(-c3ccccc3)c2I)CC[C@@H]1Cc1ccccc1. The van der Waals surface area contributed by atoms with Gasteiger partial charge in [-0.2, -0.15) is 0 Å². The van der Waals surface area contributed by atoms with E-state index in [1.54, 1.807) is 0 Å². The maximum Gasteiger partial charge on any atom is 0.147 e. The monoisotopic (exact) mass is 444 g/mol. The quantitative estimate of drug-likeness (QED) is 0.458. The lowest BCUT2D eigenvalue weighted by Gasteiger charge is -2.30. The molecule has 25 heavy (non-hydrogen) atoms. The molecule has 1 aliphatic carbocycles. The molecule has 0 fully saturated rings. The topological polar surface area (TPSA) is 22.4 Å². The van der Waals surface area contributed by atoms with E-state index in [0.29, 0.717) is 5.92 Å². The highest BCUT2D eigenvalue weighted by molar-refractivity contribution is 14.1. The fraction of sp³-hybridized carbons (Fsp3) is 0.273. The van der Waals surface area contributed by atoms with Crippen LogP contribution in [0, 0.1) is 9.49 Å². The number of halogens is 1. The van der Waals surface area contributed by atoms with Crippen LogP contribution in [-0.4, -0.2) is 7.11 Å². The zero-order chi connectivity index (χ0) is 17.2. The van der Waals surface area contributed by atoms with E-state index >= 15 is 0 Å². The zero-order valence-electron chi connectivity index (χ0n) is 14.2. The minimum absolute atomic E-state index is 0.0945. The summed E-state index contributed by atoms with van der Waals surface area (Å²) < 4.78 is 13.4. The van der Waals surface area contributed by atoms with Crippen molar-refractivity contribution in [2.24, 2.45) is 5.92 Å². The molecule has 0 amide bonds. The average Bonchev–Trinajstić information content (AvgIpc) is 3.00. The number of hydrogen-bond acceptors (Lipinski definition) is 2. The van der Waals surface area contributed by atoms with Crippen LogP contribution in [0.2, 0.25) is 0 Å². The molecule has 1 aliphatic rings. The number of benzene rings is 2. The second-order valence-electron chi connectivity index (χ2n) is 6.59. The summed E-state index contributed by atoms with van der Waals surface area (Å²) in [5.74, 6) is 2.56. The lowest BCUT2D eigenvalue weighted by molar-refractivity contribution is 0.0377. The minimum Gasteiger partial charge on any atom is -0.460 e. The molecule has 4 rings (SSSR count). The van der Waals surface area contributed by atoms with Crippen molar-refractivity contribution in [3.8, 4) is 11.3 Å². The van der Waals surface area contributed by atoms with Crippen LogP contribution >= 0.6 is 22.6 Å². The number of aryl methyl sites for hydroxylation is 1. The molecule has 0 unspecified atom stereocenters. The predicted octanol–water partition coefficient (Wildman–Crippen LogP) is 6.04. The molecule has 0 N–H and O–H groups in total. The molecule has 3 heteroatoms. The number of hydrogen-bond donors (Lipinski definition) is 0. The average molecular weight is 444 g/mol. The van der Waals surface area contributed by atoms with Crippen molar-refractivity contribution in [2.75, 3.05) is 7.11 Å². The van der Waals surface area contributed by atoms with Crippen LogP contribution in [0.15, 0.2) is 65.1 Å². The normalized spacial score (nSPS) is 19.6. The molecular weight excluding hydrogens is 423 g/mol. The Morgan fingerprint density at radius 3 is 2.40 bits per heavy atom. The van der Waals surface area contributed by atoms with Gasteiger partial charge in [-0.3, -0.25) is 0 Å². The van der Waals surface area contributed by atoms with E-state index in [4.69, 9.17) is 9.15 Å². The molecule has 0 spiro atoms. The summed E-state index contributed by atoms with van der Waals surface area (Å²) in [5, 5.41) is 0. The Balaban J connectivity index is 1.69. The minimum atomic E-state index is 0.0945. The van der Waals surface area contributed by atoms with E-state index in [-0.39, 0.29) is 6.10 Å². The molecule has 0 radical (unpaired) electrons. The number of furan rings is 1. The smallest absolute Gasteiger partial charge is 0.147 e. The molecule has 0 aliphatic heterocycles. The maximum atomic E-state index is 6.27. The third kappa shape index (κ3) is 3.27. The van der Waals surface area contributed by atoms with Crippen LogP contribution < -0.4 is 0 Å². The first-order valence-electron chi connectivity index (χ1n) is 8.71. The van der Waals surface area contributed by atoms with Crippen molar-refractivity contribution in [1.29, 1.82) is 0 Å². The first kappa shape index (κ1) is 16.9. The number of methoxy groups -OCH3 is 1. The van der Waals surface area contributed by atoms with E-state index < -0.39 is 0 Å². The van der Waals surface area contributed by atoms with Gasteiger partial charge >= 0.3 is 0 Å². The van der Waals surface area contributed by atoms with Gasteiger partial charge in [-0.05, 0) is 46.9 Å². The number of ether oxygens (including phenoxy) is 1. The highest BCUT2D eigenvalue weighted by Gasteiger charge is 2.35. The lowest BCUT2D eigenvalue weighted by Crippen LogP contribution is -2.23. The number of rotatable bonds is 4. The third-order valence-electron chi connectivity index (χ3n) is 5.05. The van der Waals surface area contributed by atoms with Crippen LogP contribution in [0.1, 0.15) is 29.4 Å². The summed E-state index contributed by atoms with van der Waals surface area (Å²) in [6.07, 6.45) is 3.21. The van der Waals surface area contributed by atoms with Crippen LogP contribution in [0.25, 0.3) is 11.3 Å². The van der Waals surface area contributed by atoms with Crippen molar-refractivity contribution in [3.63, 3.8) is 0 Å². The van der Waals surface area contributed by atoms with Crippen LogP contribution in [0.5, 0.6) is 0 Å². The Kier molecular flexibility index (Phi) is 4.95. The molecule has 0 saturated heterocycles. The number of fused-ring (bicyclic) bond motifs is 1. The molecule has 2 aromatic carbocycles. The van der Waals surface area contributed by atoms with Crippen LogP contribution in [0.4, 0.5) is 0 Å². The molecule has 2 nitrogen and oxygen atoms in total. The van der Waals surface area contributed by atoms with Gasteiger partial charge in [0.25, 0.3) is 0 Å². The van der Waals surface area contributed by atoms with Crippen molar-refractivity contribution in [1.82, 2.24) is 0 Å². The van der Waals surface area contributed by atoms with Crippen molar-refractivity contribution in [2.45, 2.75) is 25.4 Å². The van der Waals surface area contributed by atoms with Gasteiger partial charge in [0.2, 0.25) is 0 Å². The Morgan fingerprint density at radius 1 is 1.04 bits per heavy atom. The second kappa shape index (κ2) is 7.34. The molecule has 0 bridgehead atoms. The van der Waals surface area contributed by atoms with Gasteiger partial charge in [-0.1, -0.05) is 60.7 Å². The molecule has 128 valence electrons. The van der Waals surface area contributed by atoms with Gasteiger partial charge in [0.15, 0.2) is 0 Å². The molecule has 0 saturated carbocycles. The summed E-state index contributed by atoms with van der Waals surface area (Å²) in [7, 11) is 1.82. The van der Waals surface area contributed by atoms with Crippen molar-refractivity contribution in [3.05, 3.63) is 81.1 Å². The lowest BCUT2D eigenvalue weighted by atomic mass is 9.81. The fourth-order valence-electron chi connectivity index (χ4n) is 3.85. The maximum absolute atomic E-state index is 6.27. The Labute approximate surface area is 162 Å². The first-order chi connectivity index (χ1) is 12.3. The van der Waals surface area contributed by atoms with Crippen LogP contribution in [-0.2, 0) is 17.6 Å². The highest BCUT2D eigenvalue weighted by atomic mass is 127. The van der Waals surface area contributed by atoms with Gasteiger partial charge in [0.1, 0.15) is 11.5 Å². The first-order valence-corrected chi connectivity index (χ1v) is 9.79. The van der Waals surface area contributed by atoms with E-state index in [2.05, 4.69) is 77.2 Å². The summed E-state index contributed by atoms with van der Waals surface area (Å²) in [4.78, 5) is 0. The molecule has 2 atom stereocenters. The Hall–Kier alpha value is -1.59. The summed E-state index contributed by atoms with van der Waals surface area (Å²) >= 11 is 2.43. The van der Waals surface area contributed by atoms with Gasteiger partial charge in [-0.25, -0.2) is 0 Å². The van der Waals surface area contributed by atoms with Gasteiger partial charge in [-0.15, -0.1) is 0 Å². The van der Waals surface area contributed by atoms with Gasteiger partial charge in [0.05, 0.1) is 9.67 Å². The molecule has 1 heterocycles. The summed E-state index contributed by atoms with van der Waals surface area (Å²) in [6, 6.07) is 21.1.